The Kier molecular flexibility index (Phi) is 5.69. The molecule has 3 aromatic rings. The first-order valence-corrected chi connectivity index (χ1v) is 10.5. The largest absolute Gasteiger partial charge is 0.494 e. The molecule has 6 nitrogen and oxygen atoms in total. The number of carboxylic acids is 1. The predicted octanol–water partition coefficient (Wildman–Crippen LogP) is 5.15. The molecule has 2 aromatic carbocycles. The average Bonchev–Trinajstić information content (AvgIpc) is 3.34. The summed E-state index contributed by atoms with van der Waals surface area (Å²) in [6.07, 6.45) is -1.61. The lowest BCUT2D eigenvalue weighted by Crippen LogP contribution is -2.41. The van der Waals surface area contributed by atoms with Gasteiger partial charge in [-0.2, -0.15) is 18.3 Å². The number of aromatic nitrogens is 2. The fourth-order valence-electron chi connectivity index (χ4n) is 4.14. The number of aliphatic hydroxyl groups is 1. The topological polar surface area (TPSA) is 84.6 Å². The number of nitrogens with zero attached hydrogens (tertiary/aromatic N) is 2. The van der Waals surface area contributed by atoms with Gasteiger partial charge < -0.3 is 14.9 Å². The number of aliphatic carboxylic acids is 1. The molecule has 1 atom stereocenters. The van der Waals surface area contributed by atoms with E-state index in [9.17, 15) is 23.1 Å². The van der Waals surface area contributed by atoms with Gasteiger partial charge in [0.05, 0.1) is 12.8 Å². The van der Waals surface area contributed by atoms with Crippen LogP contribution in [0.3, 0.4) is 0 Å². The molecule has 0 radical (unpaired) electrons. The Morgan fingerprint density at radius 1 is 1.18 bits per heavy atom. The van der Waals surface area contributed by atoms with Gasteiger partial charge in [-0.3, -0.25) is 9.48 Å². The van der Waals surface area contributed by atoms with E-state index in [1.54, 1.807) is 35.3 Å². The molecule has 0 fully saturated rings. The smallest absolute Gasteiger partial charge is 0.425 e. The minimum Gasteiger partial charge on any atom is -0.494 e. The molecule has 0 amide bonds. The van der Waals surface area contributed by atoms with Gasteiger partial charge in [0, 0.05) is 35.3 Å². The van der Waals surface area contributed by atoms with Crippen molar-refractivity contribution in [3.05, 3.63) is 59.9 Å². The molecule has 1 unspecified atom stereocenters. The maximum Gasteiger partial charge on any atom is 0.425 e. The summed E-state index contributed by atoms with van der Waals surface area (Å²) in [7, 11) is 0. The van der Waals surface area contributed by atoms with Crippen molar-refractivity contribution in [3.63, 3.8) is 0 Å². The van der Waals surface area contributed by atoms with Crippen LogP contribution in [0.4, 0.5) is 13.2 Å². The lowest BCUT2D eigenvalue weighted by atomic mass is 9.89. The molecule has 1 aromatic heterocycles. The van der Waals surface area contributed by atoms with E-state index in [1.165, 1.54) is 18.2 Å². The zero-order chi connectivity index (χ0) is 24.0. The second kappa shape index (κ2) is 8.22. The maximum atomic E-state index is 14.3. The van der Waals surface area contributed by atoms with Crippen LogP contribution >= 0.6 is 0 Å². The SMILES string of the molecule is CC(C)n1cc(-c2cc(OCCCC(=O)O)cc3c2-c2ccccc2C3(O)C(F)(F)F)cn1. The number of hydrogen-bond acceptors (Lipinski definition) is 4. The molecule has 0 saturated heterocycles. The highest BCUT2D eigenvalue weighted by molar-refractivity contribution is 5.93. The second-order valence-corrected chi connectivity index (χ2v) is 8.30. The van der Waals surface area contributed by atoms with Gasteiger partial charge in [-0.15, -0.1) is 0 Å². The molecule has 0 bridgehead atoms. The third kappa shape index (κ3) is 3.86. The fraction of sp³-hybridized carbons (Fsp3) is 0.333. The van der Waals surface area contributed by atoms with Crippen molar-refractivity contribution >= 4 is 5.97 Å². The zero-order valence-corrected chi connectivity index (χ0v) is 18.1. The van der Waals surface area contributed by atoms with E-state index in [1.807, 2.05) is 13.8 Å². The van der Waals surface area contributed by atoms with E-state index in [0.29, 0.717) is 11.1 Å². The first-order chi connectivity index (χ1) is 15.5. The summed E-state index contributed by atoms with van der Waals surface area (Å²) in [5.41, 5.74) is -2.18. The fourth-order valence-corrected chi connectivity index (χ4v) is 4.14. The molecule has 2 N–H and O–H groups in total. The number of carboxylic acid groups (broad SMARTS) is 1. The molecule has 4 rings (SSSR count). The summed E-state index contributed by atoms with van der Waals surface area (Å²) in [5.74, 6) is -0.877. The minimum atomic E-state index is -4.98. The Morgan fingerprint density at radius 3 is 2.55 bits per heavy atom. The van der Waals surface area contributed by atoms with Crippen LogP contribution in [0.1, 0.15) is 43.9 Å². The Hall–Kier alpha value is -3.33. The highest BCUT2D eigenvalue weighted by Crippen LogP contribution is 2.58. The van der Waals surface area contributed by atoms with E-state index in [2.05, 4.69) is 5.10 Å². The zero-order valence-electron chi connectivity index (χ0n) is 18.1. The van der Waals surface area contributed by atoms with E-state index < -0.39 is 17.7 Å². The number of fused-ring (bicyclic) bond motifs is 3. The number of hydrogen-bond donors (Lipinski definition) is 2. The quantitative estimate of drug-likeness (QED) is 0.476. The number of benzene rings is 2. The molecule has 0 saturated carbocycles. The highest BCUT2D eigenvalue weighted by atomic mass is 19.4. The summed E-state index contributed by atoms with van der Waals surface area (Å²) in [6.45, 7) is 3.87. The second-order valence-electron chi connectivity index (χ2n) is 8.30. The number of ether oxygens (including phenoxy) is 1. The predicted molar refractivity (Wildman–Crippen MR) is 115 cm³/mol. The molecule has 174 valence electrons. The molecule has 33 heavy (non-hydrogen) atoms. The van der Waals surface area contributed by atoms with Crippen molar-refractivity contribution in [3.8, 4) is 28.0 Å². The monoisotopic (exact) mass is 460 g/mol. The van der Waals surface area contributed by atoms with Crippen molar-refractivity contribution in [2.24, 2.45) is 0 Å². The van der Waals surface area contributed by atoms with Crippen LogP contribution in [0.15, 0.2) is 48.8 Å². The Balaban J connectivity index is 1.91. The Morgan fingerprint density at radius 2 is 1.91 bits per heavy atom. The number of rotatable bonds is 7. The van der Waals surface area contributed by atoms with Crippen LogP contribution in [0.2, 0.25) is 0 Å². The summed E-state index contributed by atoms with van der Waals surface area (Å²) in [4.78, 5) is 10.8. The molecule has 0 spiro atoms. The van der Waals surface area contributed by atoms with Gasteiger partial charge in [-0.25, -0.2) is 0 Å². The lowest BCUT2D eigenvalue weighted by molar-refractivity contribution is -0.246. The van der Waals surface area contributed by atoms with Gasteiger partial charge in [0.2, 0.25) is 5.60 Å². The van der Waals surface area contributed by atoms with Gasteiger partial charge in [-0.1, -0.05) is 24.3 Å². The van der Waals surface area contributed by atoms with Crippen LogP contribution in [-0.2, 0) is 10.4 Å². The van der Waals surface area contributed by atoms with Crippen molar-refractivity contribution in [2.45, 2.75) is 44.5 Å². The standard InChI is InChI=1S/C24H23F3N2O4/c1-14(2)29-13-15(12-28-29)18-10-16(33-9-5-8-21(30)31)11-20-22(18)17-6-3-4-7-19(17)23(20,32)24(25,26)27/h3-4,6-7,10-14,32H,5,8-9H2,1-2H3,(H,30,31). The van der Waals surface area contributed by atoms with Crippen LogP contribution in [0.5, 0.6) is 5.75 Å². The molecule has 1 aliphatic carbocycles. The normalized spacial score (nSPS) is 17.2. The van der Waals surface area contributed by atoms with Gasteiger partial charge in [-0.05, 0) is 49.1 Å². The first-order valence-electron chi connectivity index (χ1n) is 10.5. The third-order valence-electron chi connectivity index (χ3n) is 5.74. The molecular weight excluding hydrogens is 437 g/mol. The molecule has 1 heterocycles. The van der Waals surface area contributed by atoms with Crippen molar-refractivity contribution in [1.82, 2.24) is 9.78 Å². The summed E-state index contributed by atoms with van der Waals surface area (Å²) in [6, 6.07) is 8.77. The minimum absolute atomic E-state index is 0.00712. The molecule has 1 aliphatic rings. The van der Waals surface area contributed by atoms with Crippen LogP contribution < -0.4 is 4.74 Å². The summed E-state index contributed by atoms with van der Waals surface area (Å²) < 4.78 is 50.2. The van der Waals surface area contributed by atoms with E-state index >= 15 is 0 Å². The molecule has 9 heteroatoms. The van der Waals surface area contributed by atoms with Gasteiger partial charge in [0.25, 0.3) is 0 Å². The van der Waals surface area contributed by atoms with Crippen molar-refractivity contribution in [1.29, 1.82) is 0 Å². The lowest BCUT2D eigenvalue weighted by Gasteiger charge is -2.28. The summed E-state index contributed by atoms with van der Waals surface area (Å²) >= 11 is 0. The average molecular weight is 460 g/mol. The Bertz CT molecular complexity index is 1200. The first kappa shape index (κ1) is 22.8. The summed E-state index contributed by atoms with van der Waals surface area (Å²) in [5, 5.41) is 24.2. The van der Waals surface area contributed by atoms with Gasteiger partial charge in [0.15, 0.2) is 0 Å². The van der Waals surface area contributed by atoms with Gasteiger partial charge in [0.1, 0.15) is 5.75 Å². The number of carbonyl (C=O) groups is 1. The van der Waals surface area contributed by atoms with Crippen LogP contribution in [0.25, 0.3) is 22.3 Å². The van der Waals surface area contributed by atoms with E-state index in [0.717, 1.165) is 0 Å². The maximum absolute atomic E-state index is 14.3. The van der Waals surface area contributed by atoms with Gasteiger partial charge >= 0.3 is 12.1 Å². The van der Waals surface area contributed by atoms with Crippen molar-refractivity contribution < 1.29 is 32.9 Å². The Labute approximate surface area is 188 Å². The van der Waals surface area contributed by atoms with Crippen LogP contribution in [-0.4, -0.2) is 38.7 Å². The third-order valence-corrected chi connectivity index (χ3v) is 5.74. The highest BCUT2D eigenvalue weighted by Gasteiger charge is 2.61. The molecular formula is C24H23F3N2O4. The van der Waals surface area contributed by atoms with Crippen LogP contribution in [0, 0.1) is 0 Å². The number of alkyl halides is 3. The van der Waals surface area contributed by atoms with Crippen molar-refractivity contribution in [2.75, 3.05) is 6.61 Å². The molecule has 0 aliphatic heterocycles. The van der Waals surface area contributed by atoms with E-state index in [4.69, 9.17) is 9.84 Å². The van der Waals surface area contributed by atoms with E-state index in [-0.39, 0.29) is 53.5 Å². The number of halogens is 3.